The third-order valence-electron chi connectivity index (χ3n) is 0.940. The topological polar surface area (TPSA) is 0 Å². The first kappa shape index (κ1) is 10.1. The molecule has 11 heavy (non-hydrogen) atoms. The number of rotatable bonds is 0. The van der Waals surface area contributed by atoms with E-state index in [9.17, 15) is 8.78 Å². The van der Waals surface area contributed by atoms with Gasteiger partial charge in [-0.25, -0.2) is 8.78 Å². The molecule has 2 heteroatoms. The fourth-order valence-electron chi connectivity index (χ4n) is 0.534. The predicted octanol–water partition coefficient (Wildman–Crippen LogP) is 3.27. The molecule has 0 nitrogen and oxygen atoms in total. The largest absolute Gasteiger partial charge is 0.235 e. The first-order chi connectivity index (χ1) is 5.13. The molecular weight excluding hydrogens is 146 g/mol. The number of hydrogen-bond donors (Lipinski definition) is 0. The van der Waals surface area contributed by atoms with Gasteiger partial charge in [0.05, 0.1) is 0 Å². The zero-order valence-corrected chi connectivity index (χ0v) is 6.72. The van der Waals surface area contributed by atoms with Crippen LogP contribution in [0.5, 0.6) is 0 Å². The minimum absolute atomic E-state index is 0.833. The van der Waals surface area contributed by atoms with E-state index in [4.69, 9.17) is 0 Å². The van der Waals surface area contributed by atoms with Crippen LogP contribution in [0.2, 0.25) is 0 Å². The fraction of sp³-hybridized carbons (Fsp3) is 0.333. The van der Waals surface area contributed by atoms with Crippen LogP contribution in [0.15, 0.2) is 30.3 Å². The Hall–Kier alpha value is -0.920. The summed E-state index contributed by atoms with van der Waals surface area (Å²) in [5, 5.41) is 0. The molecule has 0 N–H and O–H groups in total. The van der Waals surface area contributed by atoms with E-state index in [1.54, 1.807) is 0 Å². The van der Waals surface area contributed by atoms with Crippen LogP contribution >= 0.6 is 0 Å². The zero-order valence-electron chi connectivity index (χ0n) is 6.72. The van der Waals surface area contributed by atoms with Gasteiger partial charge in [0.1, 0.15) is 0 Å². The Morgan fingerprint density at radius 1 is 1.09 bits per heavy atom. The van der Waals surface area contributed by atoms with Crippen LogP contribution in [0.4, 0.5) is 8.78 Å². The summed E-state index contributed by atoms with van der Waals surface area (Å²) in [6.07, 6.45) is -2.17. The lowest BCUT2D eigenvalue weighted by molar-refractivity contribution is 0.171. The van der Waals surface area contributed by atoms with E-state index in [1.807, 2.05) is 18.2 Å². The highest BCUT2D eigenvalue weighted by Gasteiger charge is 1.79. The molecule has 0 amide bonds. The van der Waals surface area contributed by atoms with Crippen LogP contribution < -0.4 is 0 Å². The van der Waals surface area contributed by atoms with E-state index in [0.29, 0.717) is 0 Å². The monoisotopic (exact) mass is 158 g/mol. The lowest BCUT2D eigenvalue weighted by Crippen LogP contribution is -1.69. The summed E-state index contributed by atoms with van der Waals surface area (Å²) >= 11 is 0. The Morgan fingerprint density at radius 3 is 1.64 bits per heavy atom. The first-order valence-electron chi connectivity index (χ1n) is 3.42. The van der Waals surface area contributed by atoms with Gasteiger partial charge in [-0.05, 0) is 13.8 Å². The van der Waals surface area contributed by atoms with Gasteiger partial charge in [-0.3, -0.25) is 0 Å². The van der Waals surface area contributed by atoms with Crippen molar-refractivity contribution < 1.29 is 8.78 Å². The maximum absolute atomic E-state index is 10.3. The molecular formula is C9H12F2. The molecule has 1 aromatic rings. The van der Waals surface area contributed by atoms with Gasteiger partial charge in [-0.2, -0.15) is 0 Å². The Morgan fingerprint density at radius 2 is 1.45 bits per heavy atom. The van der Waals surface area contributed by atoms with Gasteiger partial charge in [-0.1, -0.05) is 35.9 Å². The van der Waals surface area contributed by atoms with Crippen LogP contribution in [-0.2, 0) is 0 Å². The number of alkyl halides is 2. The summed E-state index contributed by atoms with van der Waals surface area (Å²) in [5.74, 6) is 0. The second-order valence-corrected chi connectivity index (χ2v) is 2.17. The Bertz CT molecular complexity index is 167. The quantitative estimate of drug-likeness (QED) is 0.543. The molecule has 1 rings (SSSR count). The molecule has 0 aliphatic heterocycles. The number of benzene rings is 1. The summed E-state index contributed by atoms with van der Waals surface area (Å²) in [5.41, 5.74) is 1.32. The smallest absolute Gasteiger partial charge is 0.211 e. The summed E-state index contributed by atoms with van der Waals surface area (Å²) in [7, 11) is 0. The Balaban J connectivity index is 0.000000218. The summed E-state index contributed by atoms with van der Waals surface area (Å²) < 4.78 is 20.7. The van der Waals surface area contributed by atoms with Gasteiger partial charge in [0.25, 0.3) is 0 Å². The van der Waals surface area contributed by atoms with Gasteiger partial charge in [0, 0.05) is 0 Å². The Kier molecular flexibility index (Phi) is 5.35. The summed E-state index contributed by atoms with van der Waals surface area (Å²) in [6.45, 7) is 2.92. The van der Waals surface area contributed by atoms with E-state index in [0.717, 1.165) is 6.92 Å². The van der Waals surface area contributed by atoms with Crippen molar-refractivity contribution in [2.24, 2.45) is 0 Å². The van der Waals surface area contributed by atoms with Crippen molar-refractivity contribution in [3.05, 3.63) is 35.9 Å². The highest BCUT2D eigenvalue weighted by Crippen LogP contribution is 1.92. The standard InChI is InChI=1S/C7H8.C2H4F2/c1-7-5-3-2-4-6-7;1-2(3)4/h2-6H,1H3;2H,1H3. The average molecular weight is 158 g/mol. The van der Waals surface area contributed by atoms with E-state index in [-0.39, 0.29) is 0 Å². The van der Waals surface area contributed by atoms with Crippen LogP contribution in [0, 0.1) is 6.92 Å². The fourth-order valence-corrected chi connectivity index (χ4v) is 0.534. The molecule has 0 aliphatic carbocycles. The van der Waals surface area contributed by atoms with E-state index < -0.39 is 6.43 Å². The van der Waals surface area contributed by atoms with Crippen molar-refractivity contribution in [1.29, 1.82) is 0 Å². The lowest BCUT2D eigenvalue weighted by Gasteiger charge is -1.82. The maximum Gasteiger partial charge on any atom is 0.235 e. The summed E-state index contributed by atoms with van der Waals surface area (Å²) in [6, 6.07) is 10.3. The molecule has 0 aromatic heterocycles. The van der Waals surface area contributed by atoms with Crippen molar-refractivity contribution in [1.82, 2.24) is 0 Å². The second-order valence-electron chi connectivity index (χ2n) is 2.17. The molecule has 0 fully saturated rings. The van der Waals surface area contributed by atoms with E-state index >= 15 is 0 Å². The third-order valence-corrected chi connectivity index (χ3v) is 0.940. The SMILES string of the molecule is CC(F)F.Cc1ccccc1. The number of halogens is 2. The molecule has 0 saturated heterocycles. The highest BCUT2D eigenvalue weighted by molar-refractivity contribution is 5.11. The van der Waals surface area contributed by atoms with E-state index in [1.165, 1.54) is 5.56 Å². The molecule has 62 valence electrons. The van der Waals surface area contributed by atoms with Gasteiger partial charge in [0.2, 0.25) is 6.43 Å². The third kappa shape index (κ3) is 9.08. The van der Waals surface area contributed by atoms with Gasteiger partial charge in [-0.15, -0.1) is 0 Å². The van der Waals surface area contributed by atoms with Crippen molar-refractivity contribution in [3.8, 4) is 0 Å². The van der Waals surface area contributed by atoms with Crippen LogP contribution in [0.1, 0.15) is 12.5 Å². The maximum atomic E-state index is 10.3. The molecule has 0 atom stereocenters. The summed E-state index contributed by atoms with van der Waals surface area (Å²) in [4.78, 5) is 0. The van der Waals surface area contributed by atoms with Crippen LogP contribution in [0.25, 0.3) is 0 Å². The molecule has 0 heterocycles. The minimum atomic E-state index is -2.17. The Labute approximate surface area is 65.9 Å². The lowest BCUT2D eigenvalue weighted by atomic mass is 10.2. The number of hydrogen-bond acceptors (Lipinski definition) is 0. The zero-order chi connectivity index (χ0) is 8.69. The molecule has 0 spiro atoms. The molecule has 0 unspecified atom stereocenters. The molecule has 0 bridgehead atoms. The highest BCUT2D eigenvalue weighted by atomic mass is 19.3. The van der Waals surface area contributed by atoms with Crippen molar-refractivity contribution >= 4 is 0 Å². The van der Waals surface area contributed by atoms with Crippen molar-refractivity contribution in [2.45, 2.75) is 20.3 Å². The van der Waals surface area contributed by atoms with E-state index in [2.05, 4.69) is 19.1 Å². The first-order valence-corrected chi connectivity index (χ1v) is 3.42. The van der Waals surface area contributed by atoms with Crippen LogP contribution in [-0.4, -0.2) is 6.43 Å². The van der Waals surface area contributed by atoms with Gasteiger partial charge >= 0.3 is 0 Å². The van der Waals surface area contributed by atoms with Crippen LogP contribution in [0.3, 0.4) is 0 Å². The number of aryl methyl sites for hydroxylation is 1. The normalized spacial score (nSPS) is 8.82. The predicted molar refractivity (Wildman–Crippen MR) is 42.9 cm³/mol. The second kappa shape index (κ2) is 5.83. The molecule has 0 radical (unpaired) electrons. The van der Waals surface area contributed by atoms with Gasteiger partial charge < -0.3 is 0 Å². The minimum Gasteiger partial charge on any atom is -0.211 e. The van der Waals surface area contributed by atoms with Crippen molar-refractivity contribution in [3.63, 3.8) is 0 Å². The van der Waals surface area contributed by atoms with Gasteiger partial charge in [0.15, 0.2) is 0 Å². The molecule has 1 aromatic carbocycles. The average Bonchev–Trinajstić information content (AvgIpc) is 1.87. The molecule has 0 aliphatic rings. The molecule has 0 saturated carbocycles. The van der Waals surface area contributed by atoms with Crippen molar-refractivity contribution in [2.75, 3.05) is 0 Å².